The van der Waals surface area contributed by atoms with E-state index in [0.29, 0.717) is 11.4 Å². The van der Waals surface area contributed by atoms with Gasteiger partial charge in [-0.05, 0) is 42.0 Å². The van der Waals surface area contributed by atoms with Crippen LogP contribution in [0.1, 0.15) is 23.4 Å². The van der Waals surface area contributed by atoms with Gasteiger partial charge in [0.15, 0.2) is 0 Å². The highest BCUT2D eigenvalue weighted by Crippen LogP contribution is 2.42. The maximum absolute atomic E-state index is 12.7. The van der Waals surface area contributed by atoms with E-state index in [4.69, 9.17) is 0 Å². The van der Waals surface area contributed by atoms with E-state index in [0.717, 1.165) is 17.7 Å². The lowest BCUT2D eigenvalue weighted by Crippen LogP contribution is -2.27. The summed E-state index contributed by atoms with van der Waals surface area (Å²) in [6, 6.07) is 11.6. The second kappa shape index (κ2) is 7.03. The molecule has 0 radical (unpaired) electrons. The number of nitrogens with zero attached hydrogens (tertiary/aromatic N) is 1. The van der Waals surface area contributed by atoms with Crippen LogP contribution in [0.3, 0.4) is 0 Å². The van der Waals surface area contributed by atoms with Crippen molar-refractivity contribution >= 4 is 35.0 Å². The minimum Gasteiger partial charge on any atom is -0.326 e. The zero-order valence-corrected chi connectivity index (χ0v) is 14.5. The van der Waals surface area contributed by atoms with Crippen molar-refractivity contribution in [2.75, 3.05) is 16.0 Å². The normalized spacial score (nSPS) is 17.5. The first kappa shape index (κ1) is 18.3. The number of rotatable bonds is 3. The van der Waals surface area contributed by atoms with Crippen LogP contribution in [0.25, 0.3) is 0 Å². The van der Waals surface area contributed by atoms with Crippen molar-refractivity contribution in [1.82, 2.24) is 0 Å². The fourth-order valence-electron chi connectivity index (χ4n) is 2.70. The number of amides is 2. The second-order valence-corrected chi connectivity index (χ2v) is 6.84. The SMILES string of the molecule is CC(=O)Nc1ccc([C@H]2SCC(=O)N2c2ccc(C(F)(F)F)cc2)cc1. The van der Waals surface area contributed by atoms with Crippen LogP contribution in [0.2, 0.25) is 0 Å². The van der Waals surface area contributed by atoms with Crippen molar-refractivity contribution in [3.63, 3.8) is 0 Å². The van der Waals surface area contributed by atoms with E-state index in [2.05, 4.69) is 5.32 Å². The number of halogens is 3. The minimum absolute atomic E-state index is 0.161. The Hall–Kier alpha value is -2.48. The van der Waals surface area contributed by atoms with Gasteiger partial charge in [0.05, 0.1) is 11.3 Å². The van der Waals surface area contributed by atoms with Gasteiger partial charge in [-0.1, -0.05) is 12.1 Å². The van der Waals surface area contributed by atoms with Gasteiger partial charge in [-0.15, -0.1) is 11.8 Å². The summed E-state index contributed by atoms with van der Waals surface area (Å²) in [7, 11) is 0. The van der Waals surface area contributed by atoms with Crippen molar-refractivity contribution in [2.24, 2.45) is 0 Å². The Morgan fingerprint density at radius 2 is 1.73 bits per heavy atom. The van der Waals surface area contributed by atoms with Gasteiger partial charge < -0.3 is 5.32 Å². The molecule has 0 aliphatic carbocycles. The summed E-state index contributed by atoms with van der Waals surface area (Å²) in [5.41, 5.74) is 1.13. The molecule has 136 valence electrons. The van der Waals surface area contributed by atoms with Gasteiger partial charge in [0.25, 0.3) is 0 Å². The van der Waals surface area contributed by atoms with E-state index in [1.807, 2.05) is 0 Å². The van der Waals surface area contributed by atoms with Crippen LogP contribution in [0.5, 0.6) is 0 Å². The molecule has 1 saturated heterocycles. The van der Waals surface area contributed by atoms with E-state index >= 15 is 0 Å². The van der Waals surface area contributed by atoms with Gasteiger partial charge in [0.1, 0.15) is 5.37 Å². The molecule has 1 aliphatic heterocycles. The largest absolute Gasteiger partial charge is 0.416 e. The van der Waals surface area contributed by atoms with Crippen molar-refractivity contribution < 1.29 is 22.8 Å². The van der Waals surface area contributed by atoms with Gasteiger partial charge in [-0.3, -0.25) is 14.5 Å². The maximum Gasteiger partial charge on any atom is 0.416 e. The number of thioether (sulfide) groups is 1. The van der Waals surface area contributed by atoms with Crippen molar-refractivity contribution in [3.05, 3.63) is 59.7 Å². The fourth-order valence-corrected chi connectivity index (χ4v) is 3.87. The molecule has 0 unspecified atom stereocenters. The van der Waals surface area contributed by atoms with Gasteiger partial charge in [-0.2, -0.15) is 13.2 Å². The third kappa shape index (κ3) is 3.85. The summed E-state index contributed by atoms with van der Waals surface area (Å²) >= 11 is 1.40. The van der Waals surface area contributed by atoms with Gasteiger partial charge >= 0.3 is 6.18 Å². The highest BCUT2D eigenvalue weighted by molar-refractivity contribution is 8.00. The Kier molecular flexibility index (Phi) is 4.95. The van der Waals surface area contributed by atoms with Gasteiger partial charge in [-0.25, -0.2) is 0 Å². The number of alkyl halides is 3. The Morgan fingerprint density at radius 1 is 1.12 bits per heavy atom. The van der Waals surface area contributed by atoms with Crippen molar-refractivity contribution in [3.8, 4) is 0 Å². The summed E-state index contributed by atoms with van der Waals surface area (Å²) in [4.78, 5) is 24.9. The molecule has 2 amide bonds. The molecule has 1 heterocycles. The molecule has 26 heavy (non-hydrogen) atoms. The molecular formula is C18H15F3N2O2S. The molecule has 4 nitrogen and oxygen atoms in total. The first-order chi connectivity index (χ1) is 12.3. The maximum atomic E-state index is 12.7. The lowest BCUT2D eigenvalue weighted by molar-refractivity contribution is -0.137. The van der Waals surface area contributed by atoms with Crippen LogP contribution in [0.15, 0.2) is 48.5 Å². The zero-order chi connectivity index (χ0) is 18.9. The molecular weight excluding hydrogens is 365 g/mol. The monoisotopic (exact) mass is 380 g/mol. The second-order valence-electron chi connectivity index (χ2n) is 5.77. The number of nitrogens with one attached hydrogen (secondary N) is 1. The number of hydrogen-bond donors (Lipinski definition) is 1. The summed E-state index contributed by atoms with van der Waals surface area (Å²) in [6.07, 6.45) is -4.42. The topological polar surface area (TPSA) is 49.4 Å². The summed E-state index contributed by atoms with van der Waals surface area (Å²) < 4.78 is 38.2. The molecule has 2 aromatic rings. The predicted octanol–water partition coefficient (Wildman–Crippen LogP) is 4.44. The molecule has 0 saturated carbocycles. The van der Waals surface area contributed by atoms with Crippen LogP contribution in [-0.4, -0.2) is 17.6 Å². The van der Waals surface area contributed by atoms with Crippen LogP contribution in [0, 0.1) is 0 Å². The van der Waals surface area contributed by atoms with Crippen LogP contribution in [-0.2, 0) is 15.8 Å². The quantitative estimate of drug-likeness (QED) is 0.856. The molecule has 1 aliphatic rings. The number of carbonyl (C=O) groups is 2. The van der Waals surface area contributed by atoms with Crippen molar-refractivity contribution in [1.29, 1.82) is 0 Å². The number of anilines is 2. The standard InChI is InChI=1S/C18H15F3N2O2S/c1-11(24)22-14-6-2-12(3-7-14)17-23(16(25)10-26-17)15-8-4-13(5-9-15)18(19,20)21/h2-9,17H,10H2,1H3,(H,22,24)/t17-/m1/s1. The predicted molar refractivity (Wildman–Crippen MR) is 94.9 cm³/mol. The van der Waals surface area contributed by atoms with E-state index in [1.165, 1.54) is 35.7 Å². The van der Waals surface area contributed by atoms with Gasteiger partial charge in [0, 0.05) is 18.3 Å². The summed E-state index contributed by atoms with van der Waals surface area (Å²) in [5, 5.41) is 2.33. The molecule has 2 aromatic carbocycles. The fraction of sp³-hybridized carbons (Fsp3) is 0.222. The first-order valence-corrected chi connectivity index (χ1v) is 8.79. The zero-order valence-electron chi connectivity index (χ0n) is 13.7. The highest BCUT2D eigenvalue weighted by Gasteiger charge is 2.35. The van der Waals surface area contributed by atoms with Crippen LogP contribution < -0.4 is 10.2 Å². The Morgan fingerprint density at radius 3 is 2.27 bits per heavy atom. The third-order valence-corrected chi connectivity index (χ3v) is 5.07. The van der Waals surface area contributed by atoms with Crippen LogP contribution in [0.4, 0.5) is 24.5 Å². The lowest BCUT2D eigenvalue weighted by atomic mass is 10.1. The molecule has 1 atom stereocenters. The van der Waals surface area contributed by atoms with Crippen molar-refractivity contribution in [2.45, 2.75) is 18.5 Å². The third-order valence-electron chi connectivity index (χ3n) is 3.86. The van der Waals surface area contributed by atoms with E-state index in [-0.39, 0.29) is 22.9 Å². The van der Waals surface area contributed by atoms with Gasteiger partial charge in [0.2, 0.25) is 11.8 Å². The Bertz CT molecular complexity index is 820. The molecule has 8 heteroatoms. The minimum atomic E-state index is -4.42. The molecule has 0 aromatic heterocycles. The number of carbonyl (C=O) groups excluding carboxylic acids is 2. The summed E-state index contributed by atoms with van der Waals surface area (Å²) in [6.45, 7) is 1.41. The molecule has 3 rings (SSSR count). The van der Waals surface area contributed by atoms with Crippen LogP contribution >= 0.6 is 11.8 Å². The number of hydrogen-bond acceptors (Lipinski definition) is 3. The van der Waals surface area contributed by atoms with E-state index in [9.17, 15) is 22.8 Å². The van der Waals surface area contributed by atoms with E-state index in [1.54, 1.807) is 24.3 Å². The van der Waals surface area contributed by atoms with E-state index < -0.39 is 11.7 Å². The average molecular weight is 380 g/mol. The molecule has 1 N–H and O–H groups in total. The molecule has 0 bridgehead atoms. The Balaban J connectivity index is 1.86. The highest BCUT2D eigenvalue weighted by atomic mass is 32.2. The smallest absolute Gasteiger partial charge is 0.326 e. The lowest BCUT2D eigenvalue weighted by Gasteiger charge is -2.25. The summed E-state index contributed by atoms with van der Waals surface area (Å²) in [5.74, 6) is -0.0979. The number of benzene rings is 2. The Labute approximate surface area is 152 Å². The molecule has 0 spiro atoms. The average Bonchev–Trinajstić information content (AvgIpc) is 2.96. The molecule has 1 fully saturated rings. The first-order valence-electron chi connectivity index (χ1n) is 7.74.